The molecule has 3 aromatic carbocycles. The maximum absolute atomic E-state index is 14.3. The van der Waals surface area contributed by atoms with Crippen molar-refractivity contribution in [2.75, 3.05) is 20.2 Å². The molecule has 2 fully saturated rings. The number of aromatic nitrogens is 1. The van der Waals surface area contributed by atoms with Crippen LogP contribution in [0.3, 0.4) is 0 Å². The fourth-order valence-electron chi connectivity index (χ4n) is 6.56. The van der Waals surface area contributed by atoms with E-state index in [2.05, 4.69) is 22.8 Å². The number of hydrogen-bond acceptors (Lipinski definition) is 5. The molecule has 10 heteroatoms. The Kier molecular flexibility index (Phi) is 7.33. The zero-order valence-electron chi connectivity index (χ0n) is 25.1. The lowest BCUT2D eigenvalue weighted by Crippen LogP contribution is -2.50. The molecule has 0 bridgehead atoms. The Labute approximate surface area is 264 Å². The van der Waals surface area contributed by atoms with Gasteiger partial charge in [0.05, 0.1) is 35.3 Å². The molecule has 1 saturated carbocycles. The molecule has 7 rings (SSSR count). The van der Waals surface area contributed by atoms with Crippen LogP contribution in [0, 0.1) is 12.8 Å². The van der Waals surface area contributed by atoms with Crippen molar-refractivity contribution in [2.45, 2.75) is 44.9 Å². The van der Waals surface area contributed by atoms with E-state index in [1.807, 2.05) is 19.1 Å². The molecule has 232 valence electrons. The second-order valence-electron chi connectivity index (χ2n) is 12.3. The molecular weight excluding hydrogens is 595 g/mol. The third kappa shape index (κ3) is 5.34. The van der Waals surface area contributed by atoms with Gasteiger partial charge in [0.1, 0.15) is 17.5 Å². The highest BCUT2D eigenvalue weighted by Crippen LogP contribution is 2.43. The van der Waals surface area contributed by atoms with Crippen LogP contribution in [0.2, 0.25) is 5.02 Å². The third-order valence-corrected chi connectivity index (χ3v) is 9.33. The summed E-state index contributed by atoms with van der Waals surface area (Å²) in [5, 5.41) is 2.15. The number of amides is 2. The monoisotopic (exact) mass is 628 g/mol. The van der Waals surface area contributed by atoms with Gasteiger partial charge >= 0.3 is 0 Å². The Morgan fingerprint density at radius 1 is 1.07 bits per heavy atom. The second kappa shape index (κ2) is 11.2. The van der Waals surface area contributed by atoms with Crippen molar-refractivity contribution in [1.82, 2.24) is 9.47 Å². The molecule has 2 aliphatic rings. The Hall–Kier alpha value is -4.34. The largest absolute Gasteiger partial charge is 0.496 e. The van der Waals surface area contributed by atoms with E-state index in [1.54, 1.807) is 31.4 Å². The van der Waals surface area contributed by atoms with E-state index in [4.69, 9.17) is 32.2 Å². The molecule has 1 aliphatic carbocycles. The van der Waals surface area contributed by atoms with Gasteiger partial charge in [0.25, 0.3) is 5.91 Å². The van der Waals surface area contributed by atoms with E-state index in [9.17, 15) is 14.0 Å². The van der Waals surface area contributed by atoms with Crippen LogP contribution < -0.4 is 16.2 Å². The quantitative estimate of drug-likeness (QED) is 0.208. The first-order valence-electron chi connectivity index (χ1n) is 15.1. The Balaban J connectivity index is 1.33. The molecule has 0 radical (unpaired) electrons. The minimum absolute atomic E-state index is 0.0140. The van der Waals surface area contributed by atoms with Gasteiger partial charge < -0.3 is 30.1 Å². The molecule has 1 saturated heterocycles. The summed E-state index contributed by atoms with van der Waals surface area (Å²) in [4.78, 5) is 26.6. The van der Waals surface area contributed by atoms with E-state index < -0.39 is 18.1 Å². The number of primary amides is 1. The number of halogens is 2. The first-order valence-corrected chi connectivity index (χ1v) is 15.5. The van der Waals surface area contributed by atoms with Gasteiger partial charge in [-0.3, -0.25) is 9.59 Å². The molecule has 2 aromatic heterocycles. The number of carbonyl (C=O) groups excluding carboxylic acids is 2. The molecule has 3 heterocycles. The first-order chi connectivity index (χ1) is 21.6. The minimum atomic E-state index is -1.15. The first kappa shape index (κ1) is 29.4. The Morgan fingerprint density at radius 2 is 1.82 bits per heavy atom. The van der Waals surface area contributed by atoms with Gasteiger partial charge in [-0.25, -0.2) is 4.39 Å². The van der Waals surface area contributed by atoms with E-state index in [0.29, 0.717) is 40.1 Å². The topological polar surface area (TPSA) is 117 Å². The summed E-state index contributed by atoms with van der Waals surface area (Å²) in [6.45, 7) is 3.14. The standard InChI is InChI=1S/C35H34ClFN4O4/c1-18-32-30(44-2)12-23(35(43)40-16-24(37)14-25(38)17-40)13-31(32)45-33(18)29-11-22-6-5-21(10-28(22)41(29)15-19-3-4-19)20-7-8-26(34(39)42)27(36)9-20/h5-13,19,24-25H,3-4,14-17,38H2,1-2H3,(H2,39,42)/t24-,25-/m1/s1. The van der Waals surface area contributed by atoms with Crippen LogP contribution >= 0.6 is 11.6 Å². The van der Waals surface area contributed by atoms with Crippen molar-refractivity contribution in [1.29, 1.82) is 0 Å². The zero-order chi connectivity index (χ0) is 31.6. The van der Waals surface area contributed by atoms with Gasteiger partial charge in [-0.2, -0.15) is 0 Å². The molecule has 45 heavy (non-hydrogen) atoms. The maximum Gasteiger partial charge on any atom is 0.254 e. The zero-order valence-corrected chi connectivity index (χ0v) is 25.9. The summed E-state index contributed by atoms with van der Waals surface area (Å²) in [5.74, 6) is 0.922. The van der Waals surface area contributed by atoms with Crippen molar-refractivity contribution >= 4 is 45.3 Å². The predicted octanol–water partition coefficient (Wildman–Crippen LogP) is 6.71. The van der Waals surface area contributed by atoms with Crippen LogP contribution in [0.5, 0.6) is 5.75 Å². The number of furan rings is 1. The average Bonchev–Trinajstić information content (AvgIpc) is 3.68. The number of hydrogen-bond donors (Lipinski definition) is 2. The summed E-state index contributed by atoms with van der Waals surface area (Å²) in [7, 11) is 1.57. The number of ether oxygens (including phenoxy) is 1. The molecule has 4 N–H and O–H groups in total. The predicted molar refractivity (Wildman–Crippen MR) is 174 cm³/mol. The summed E-state index contributed by atoms with van der Waals surface area (Å²) in [6, 6.07) is 16.6. The third-order valence-electron chi connectivity index (χ3n) is 9.02. The van der Waals surface area contributed by atoms with E-state index in [-0.39, 0.29) is 24.4 Å². The lowest BCUT2D eigenvalue weighted by Gasteiger charge is -2.33. The van der Waals surface area contributed by atoms with Gasteiger partial charge in [-0.1, -0.05) is 29.8 Å². The number of fused-ring (bicyclic) bond motifs is 2. The number of piperidine rings is 1. The number of rotatable bonds is 7. The number of benzene rings is 3. The average molecular weight is 629 g/mol. The van der Waals surface area contributed by atoms with Crippen LogP contribution in [-0.2, 0) is 6.54 Å². The smallest absolute Gasteiger partial charge is 0.254 e. The highest BCUT2D eigenvalue weighted by Gasteiger charge is 2.31. The second-order valence-corrected chi connectivity index (χ2v) is 12.7. The summed E-state index contributed by atoms with van der Waals surface area (Å²) in [6.07, 6.45) is 1.43. The van der Waals surface area contributed by atoms with Crippen molar-refractivity contribution in [3.63, 3.8) is 0 Å². The lowest BCUT2D eigenvalue weighted by molar-refractivity contribution is 0.0606. The van der Waals surface area contributed by atoms with E-state index in [0.717, 1.165) is 45.2 Å². The highest BCUT2D eigenvalue weighted by molar-refractivity contribution is 6.34. The SMILES string of the molecule is COc1cc(C(=O)N2C[C@H](N)C[C@@H](F)C2)cc2oc(-c3cc4ccc(-c5ccc(C(N)=O)c(Cl)c5)cc4n3CC3CC3)c(C)c12. The normalized spacial score (nSPS) is 18.6. The number of likely N-dealkylation sites (tertiary alicyclic amines) is 1. The maximum atomic E-state index is 14.3. The summed E-state index contributed by atoms with van der Waals surface area (Å²) in [5.41, 5.74) is 17.4. The molecule has 8 nitrogen and oxygen atoms in total. The van der Waals surface area contributed by atoms with Crippen molar-refractivity contribution < 1.29 is 23.1 Å². The Bertz CT molecular complexity index is 1990. The lowest BCUT2D eigenvalue weighted by atomic mass is 10.0. The molecule has 2 amide bonds. The number of nitrogens with zero attached hydrogens (tertiary/aromatic N) is 2. The number of methoxy groups -OCH3 is 1. The van der Waals surface area contributed by atoms with Gasteiger partial charge in [-0.15, -0.1) is 0 Å². The number of aryl methyl sites for hydroxylation is 1. The number of alkyl halides is 1. The van der Waals surface area contributed by atoms with Crippen LogP contribution in [-0.4, -0.2) is 53.7 Å². The molecule has 2 atom stereocenters. The van der Waals surface area contributed by atoms with E-state index in [1.165, 1.54) is 17.7 Å². The van der Waals surface area contributed by atoms with Crippen LogP contribution in [0.15, 0.2) is 59.0 Å². The van der Waals surface area contributed by atoms with Crippen LogP contribution in [0.4, 0.5) is 4.39 Å². The molecular formula is C35H34ClFN4O4. The minimum Gasteiger partial charge on any atom is -0.496 e. The van der Waals surface area contributed by atoms with Crippen molar-refractivity contribution in [3.05, 3.63) is 76.3 Å². The fraction of sp³-hybridized carbons (Fsp3) is 0.314. The van der Waals surface area contributed by atoms with Gasteiger partial charge in [0.2, 0.25) is 5.91 Å². The van der Waals surface area contributed by atoms with Crippen molar-refractivity contribution in [3.8, 4) is 28.3 Å². The molecule has 5 aromatic rings. The summed E-state index contributed by atoms with van der Waals surface area (Å²) >= 11 is 6.38. The van der Waals surface area contributed by atoms with Gasteiger partial charge in [0.15, 0.2) is 5.76 Å². The van der Waals surface area contributed by atoms with Gasteiger partial charge in [-0.05, 0) is 79.6 Å². The molecule has 1 aliphatic heterocycles. The molecule has 0 unspecified atom stereocenters. The van der Waals surface area contributed by atoms with Crippen molar-refractivity contribution in [2.24, 2.45) is 17.4 Å². The fourth-order valence-corrected chi connectivity index (χ4v) is 6.84. The highest BCUT2D eigenvalue weighted by atomic mass is 35.5. The van der Waals surface area contributed by atoms with Crippen LogP contribution in [0.1, 0.15) is 45.5 Å². The summed E-state index contributed by atoms with van der Waals surface area (Å²) < 4.78 is 28.9. The Morgan fingerprint density at radius 3 is 2.51 bits per heavy atom. The number of nitrogens with two attached hydrogens (primary N) is 2. The van der Waals surface area contributed by atoms with E-state index >= 15 is 0 Å². The van der Waals surface area contributed by atoms with Gasteiger partial charge in [0, 0.05) is 41.2 Å². The molecule has 0 spiro atoms. The number of carbonyl (C=O) groups is 2. The van der Waals surface area contributed by atoms with Crippen LogP contribution in [0.25, 0.3) is 44.5 Å².